The van der Waals surface area contributed by atoms with E-state index in [1.165, 1.54) is 6.42 Å². The predicted molar refractivity (Wildman–Crippen MR) is 75.9 cm³/mol. The molecule has 5 heteroatoms. The molecule has 1 heterocycles. The van der Waals surface area contributed by atoms with Crippen LogP contribution in [0.25, 0.3) is 0 Å². The fourth-order valence-electron chi connectivity index (χ4n) is 2.80. The molecule has 0 aromatic carbocycles. The molecule has 1 N–H and O–H groups in total. The summed E-state index contributed by atoms with van der Waals surface area (Å²) >= 11 is 0. The molecule has 1 amide bonds. The predicted octanol–water partition coefficient (Wildman–Crippen LogP) is 3.16. The number of carbonyl (C=O) groups excluding carboxylic acids is 1. The average Bonchev–Trinajstić information content (AvgIpc) is 2.85. The zero-order valence-corrected chi connectivity index (χ0v) is 12.7. The number of nitrogens with zero attached hydrogens (tertiary/aromatic N) is 2. The molecule has 0 bridgehead atoms. The van der Waals surface area contributed by atoms with Crippen molar-refractivity contribution in [3.63, 3.8) is 0 Å². The summed E-state index contributed by atoms with van der Waals surface area (Å²) in [6.45, 7) is 6.03. The molecule has 2 rings (SSSR count). The minimum Gasteiger partial charge on any atom is -0.423 e. The Morgan fingerprint density at radius 3 is 2.55 bits per heavy atom. The van der Waals surface area contributed by atoms with Gasteiger partial charge in [0.25, 0.3) is 0 Å². The van der Waals surface area contributed by atoms with Crippen LogP contribution in [0.15, 0.2) is 4.42 Å². The summed E-state index contributed by atoms with van der Waals surface area (Å²) < 4.78 is 5.50. The third-order valence-corrected chi connectivity index (χ3v) is 3.84. The molecule has 1 aromatic rings. The molecule has 1 unspecified atom stereocenters. The lowest BCUT2D eigenvalue weighted by Crippen LogP contribution is -2.35. The van der Waals surface area contributed by atoms with Crippen LogP contribution in [0.4, 0.5) is 0 Å². The molecule has 1 aliphatic rings. The smallest absolute Gasteiger partial charge is 0.238 e. The van der Waals surface area contributed by atoms with Gasteiger partial charge in [-0.25, -0.2) is 0 Å². The van der Waals surface area contributed by atoms with Gasteiger partial charge in [0.1, 0.15) is 6.04 Å². The molecule has 0 saturated heterocycles. The van der Waals surface area contributed by atoms with E-state index in [-0.39, 0.29) is 17.9 Å². The number of nitrogens with one attached hydrogen (secondary N) is 1. The van der Waals surface area contributed by atoms with Crippen molar-refractivity contribution in [1.82, 2.24) is 15.5 Å². The first kappa shape index (κ1) is 15.0. The Morgan fingerprint density at radius 2 is 2.00 bits per heavy atom. The van der Waals surface area contributed by atoms with Gasteiger partial charge in [-0.2, -0.15) is 0 Å². The number of hydrogen-bond acceptors (Lipinski definition) is 4. The lowest BCUT2D eigenvalue weighted by molar-refractivity contribution is -0.127. The van der Waals surface area contributed by atoms with Gasteiger partial charge < -0.3 is 9.73 Å². The fraction of sp³-hybridized carbons (Fsp3) is 0.800. The van der Waals surface area contributed by atoms with Crippen molar-refractivity contribution in [2.75, 3.05) is 0 Å². The lowest BCUT2D eigenvalue weighted by atomic mass is 9.88. The largest absolute Gasteiger partial charge is 0.423 e. The quantitative estimate of drug-likeness (QED) is 0.899. The van der Waals surface area contributed by atoms with Crippen molar-refractivity contribution >= 4 is 5.91 Å². The monoisotopic (exact) mass is 279 g/mol. The van der Waals surface area contributed by atoms with E-state index in [2.05, 4.69) is 29.4 Å². The molecule has 1 saturated carbocycles. The van der Waals surface area contributed by atoms with E-state index in [9.17, 15) is 4.79 Å². The van der Waals surface area contributed by atoms with Gasteiger partial charge in [-0.1, -0.05) is 33.1 Å². The number of aromatic nitrogens is 2. The zero-order valence-electron chi connectivity index (χ0n) is 12.7. The summed E-state index contributed by atoms with van der Waals surface area (Å²) in [4.78, 5) is 12.4. The van der Waals surface area contributed by atoms with Crippen molar-refractivity contribution in [3.05, 3.63) is 11.8 Å². The van der Waals surface area contributed by atoms with Crippen LogP contribution >= 0.6 is 0 Å². The summed E-state index contributed by atoms with van der Waals surface area (Å²) in [5, 5.41) is 11.0. The van der Waals surface area contributed by atoms with Crippen LogP contribution in [0.1, 0.15) is 70.2 Å². The van der Waals surface area contributed by atoms with E-state index >= 15 is 0 Å². The molecule has 0 spiro atoms. The molecule has 0 radical (unpaired) electrons. The van der Waals surface area contributed by atoms with Gasteiger partial charge in [0, 0.05) is 12.8 Å². The third kappa shape index (κ3) is 4.05. The van der Waals surface area contributed by atoms with E-state index in [1.54, 1.807) is 6.92 Å². The maximum Gasteiger partial charge on any atom is 0.238 e. The Labute approximate surface area is 120 Å². The van der Waals surface area contributed by atoms with Gasteiger partial charge in [0.05, 0.1) is 0 Å². The minimum absolute atomic E-state index is 0.145. The van der Waals surface area contributed by atoms with Crippen molar-refractivity contribution in [3.8, 4) is 0 Å². The molecule has 1 aliphatic carbocycles. The van der Waals surface area contributed by atoms with Gasteiger partial charge in [-0.3, -0.25) is 4.79 Å². The SMILES string of the molecule is Cc1nnc(C(CC(C)C)NC(=O)C2CCCCC2)o1. The first-order chi connectivity index (χ1) is 9.56. The van der Waals surface area contributed by atoms with Gasteiger partial charge in [-0.15, -0.1) is 10.2 Å². The highest BCUT2D eigenvalue weighted by molar-refractivity contribution is 5.79. The molecule has 20 heavy (non-hydrogen) atoms. The van der Waals surface area contributed by atoms with Crippen molar-refractivity contribution in [1.29, 1.82) is 0 Å². The molecular formula is C15H25N3O2. The zero-order chi connectivity index (χ0) is 14.5. The van der Waals surface area contributed by atoms with E-state index < -0.39 is 0 Å². The third-order valence-electron chi connectivity index (χ3n) is 3.84. The lowest BCUT2D eigenvalue weighted by Gasteiger charge is -2.24. The summed E-state index contributed by atoms with van der Waals surface area (Å²) in [6.07, 6.45) is 6.40. The van der Waals surface area contributed by atoms with Crippen molar-refractivity contribution in [2.24, 2.45) is 11.8 Å². The van der Waals surface area contributed by atoms with Gasteiger partial charge in [0.2, 0.25) is 17.7 Å². The second-order valence-corrected chi connectivity index (χ2v) is 6.18. The van der Waals surface area contributed by atoms with Crippen LogP contribution in [-0.4, -0.2) is 16.1 Å². The standard InChI is InChI=1S/C15H25N3O2/c1-10(2)9-13(15-18-17-11(3)20-15)16-14(19)12-7-5-4-6-8-12/h10,12-13H,4-9H2,1-3H3,(H,16,19). The highest BCUT2D eigenvalue weighted by Crippen LogP contribution is 2.26. The summed E-state index contributed by atoms with van der Waals surface area (Å²) in [5.41, 5.74) is 0. The summed E-state index contributed by atoms with van der Waals surface area (Å²) in [6, 6.07) is -0.161. The Kier molecular flexibility index (Phi) is 5.15. The highest BCUT2D eigenvalue weighted by Gasteiger charge is 2.26. The summed E-state index contributed by atoms with van der Waals surface area (Å²) in [5.74, 6) is 1.83. The maximum absolute atomic E-state index is 12.4. The van der Waals surface area contributed by atoms with Crippen LogP contribution in [0.5, 0.6) is 0 Å². The van der Waals surface area contributed by atoms with Crippen LogP contribution in [0.3, 0.4) is 0 Å². The number of aryl methyl sites for hydroxylation is 1. The van der Waals surface area contributed by atoms with E-state index in [0.29, 0.717) is 17.7 Å². The Morgan fingerprint density at radius 1 is 1.30 bits per heavy atom. The van der Waals surface area contributed by atoms with Crippen LogP contribution in [-0.2, 0) is 4.79 Å². The maximum atomic E-state index is 12.4. The van der Waals surface area contributed by atoms with Crippen LogP contribution in [0.2, 0.25) is 0 Å². The molecule has 1 aromatic heterocycles. The molecule has 112 valence electrons. The molecule has 5 nitrogen and oxygen atoms in total. The van der Waals surface area contributed by atoms with Crippen LogP contribution in [0, 0.1) is 18.8 Å². The van der Waals surface area contributed by atoms with Crippen LogP contribution < -0.4 is 5.32 Å². The van der Waals surface area contributed by atoms with Crippen molar-refractivity contribution in [2.45, 2.75) is 65.3 Å². The Balaban J connectivity index is 2.01. The van der Waals surface area contributed by atoms with Crippen molar-refractivity contribution < 1.29 is 9.21 Å². The van der Waals surface area contributed by atoms with E-state index in [1.807, 2.05) is 0 Å². The normalized spacial score (nSPS) is 18.2. The number of carbonyl (C=O) groups is 1. The van der Waals surface area contributed by atoms with E-state index in [0.717, 1.165) is 32.1 Å². The molecular weight excluding hydrogens is 254 g/mol. The van der Waals surface area contributed by atoms with Gasteiger partial charge in [-0.05, 0) is 25.2 Å². The fourth-order valence-corrected chi connectivity index (χ4v) is 2.80. The van der Waals surface area contributed by atoms with Gasteiger partial charge in [0.15, 0.2) is 0 Å². The molecule has 0 aliphatic heterocycles. The number of amides is 1. The minimum atomic E-state index is -0.161. The first-order valence-corrected chi connectivity index (χ1v) is 7.66. The number of hydrogen-bond donors (Lipinski definition) is 1. The molecule has 1 atom stereocenters. The molecule has 1 fully saturated rings. The van der Waals surface area contributed by atoms with E-state index in [4.69, 9.17) is 4.42 Å². The number of rotatable bonds is 5. The second-order valence-electron chi connectivity index (χ2n) is 6.18. The van der Waals surface area contributed by atoms with Gasteiger partial charge >= 0.3 is 0 Å². The Hall–Kier alpha value is -1.39. The average molecular weight is 279 g/mol. The summed E-state index contributed by atoms with van der Waals surface area (Å²) in [7, 11) is 0. The second kappa shape index (κ2) is 6.86. The Bertz CT molecular complexity index is 436. The first-order valence-electron chi connectivity index (χ1n) is 7.66. The highest BCUT2D eigenvalue weighted by atomic mass is 16.4. The topological polar surface area (TPSA) is 68.0 Å².